The maximum atomic E-state index is 13.4. The van der Waals surface area contributed by atoms with Crippen molar-refractivity contribution < 1.29 is 22.7 Å². The second-order valence-electron chi connectivity index (χ2n) is 6.86. The van der Waals surface area contributed by atoms with E-state index in [0.29, 0.717) is 11.3 Å². The van der Waals surface area contributed by atoms with Gasteiger partial charge in [0.15, 0.2) is 11.5 Å². The van der Waals surface area contributed by atoms with Crippen LogP contribution in [-0.2, 0) is 21.4 Å². The van der Waals surface area contributed by atoms with Gasteiger partial charge in [0.1, 0.15) is 0 Å². The summed E-state index contributed by atoms with van der Waals surface area (Å²) in [5, 5.41) is 3.88. The Morgan fingerprint density at radius 3 is 2.48 bits per heavy atom. The van der Waals surface area contributed by atoms with E-state index < -0.39 is 22.5 Å². The normalized spacial score (nSPS) is 11.5. The molecule has 0 saturated carbocycles. The number of amides is 1. The minimum atomic E-state index is -4.05. The van der Waals surface area contributed by atoms with Crippen LogP contribution in [0.1, 0.15) is 11.1 Å². The molecular weight excluding hydrogens is 444 g/mol. The van der Waals surface area contributed by atoms with Crippen molar-refractivity contribution in [2.45, 2.75) is 11.4 Å². The molecule has 3 aromatic rings. The Morgan fingerprint density at radius 1 is 1.06 bits per heavy atom. The number of benzene rings is 2. The number of carbonyl (C=O) groups excluding carboxylic acids is 1. The molecule has 0 radical (unpaired) electrons. The summed E-state index contributed by atoms with van der Waals surface area (Å²) in [4.78, 5) is 16.5. The largest absolute Gasteiger partial charge is 0.493 e. The number of pyridine rings is 1. The van der Waals surface area contributed by atoms with Crippen molar-refractivity contribution in [2.24, 2.45) is 5.10 Å². The lowest BCUT2D eigenvalue weighted by Crippen LogP contribution is -2.39. The maximum absolute atomic E-state index is 13.4. The van der Waals surface area contributed by atoms with Crippen LogP contribution in [-0.4, -0.2) is 50.6 Å². The van der Waals surface area contributed by atoms with Gasteiger partial charge in [-0.3, -0.25) is 9.78 Å². The number of hydrogen-bond acceptors (Lipinski definition) is 7. The smallest absolute Gasteiger partial charge is 0.255 e. The lowest BCUT2D eigenvalue weighted by atomic mass is 10.2. The first-order valence-electron chi connectivity index (χ1n) is 9.92. The fourth-order valence-electron chi connectivity index (χ4n) is 2.97. The number of ether oxygens (including phenoxy) is 2. The lowest BCUT2D eigenvalue weighted by molar-refractivity contribution is -0.121. The topological polar surface area (TPSA) is 110 Å². The van der Waals surface area contributed by atoms with Crippen LogP contribution >= 0.6 is 0 Å². The molecule has 3 rings (SSSR count). The van der Waals surface area contributed by atoms with Crippen molar-refractivity contribution in [3.63, 3.8) is 0 Å². The monoisotopic (exact) mass is 468 g/mol. The third kappa shape index (κ3) is 6.37. The van der Waals surface area contributed by atoms with Gasteiger partial charge in [-0.05, 0) is 23.8 Å². The van der Waals surface area contributed by atoms with E-state index in [1.165, 1.54) is 38.6 Å². The molecule has 9 nitrogen and oxygen atoms in total. The Morgan fingerprint density at radius 2 is 1.82 bits per heavy atom. The summed E-state index contributed by atoms with van der Waals surface area (Å²) < 4.78 is 38.4. The SMILES string of the molecule is COc1ccc(S(=O)(=O)N(CC(=O)N/N=C/c2cccnc2)Cc2ccccc2)cc1OC. The molecule has 2 aromatic carbocycles. The van der Waals surface area contributed by atoms with E-state index in [2.05, 4.69) is 15.5 Å². The first-order chi connectivity index (χ1) is 15.9. The number of carbonyl (C=O) groups is 1. The van der Waals surface area contributed by atoms with E-state index in [1.54, 1.807) is 48.8 Å². The summed E-state index contributed by atoms with van der Waals surface area (Å²) in [5.41, 5.74) is 3.79. The molecule has 0 aliphatic carbocycles. The van der Waals surface area contributed by atoms with Gasteiger partial charge >= 0.3 is 0 Å². The number of methoxy groups -OCH3 is 2. The molecule has 172 valence electrons. The van der Waals surface area contributed by atoms with Gasteiger partial charge in [-0.15, -0.1) is 0 Å². The van der Waals surface area contributed by atoms with Crippen LogP contribution < -0.4 is 14.9 Å². The molecule has 1 aromatic heterocycles. The van der Waals surface area contributed by atoms with Gasteiger partial charge in [-0.2, -0.15) is 9.41 Å². The number of hydrazone groups is 1. The number of hydrogen-bond donors (Lipinski definition) is 1. The summed E-state index contributed by atoms with van der Waals surface area (Å²) in [5.74, 6) is 0.0763. The Hall–Kier alpha value is -3.76. The van der Waals surface area contributed by atoms with E-state index in [-0.39, 0.29) is 17.2 Å². The number of sulfonamides is 1. The van der Waals surface area contributed by atoms with E-state index in [9.17, 15) is 13.2 Å². The molecule has 1 amide bonds. The third-order valence-corrected chi connectivity index (χ3v) is 6.39. The van der Waals surface area contributed by atoms with Crippen molar-refractivity contribution in [3.8, 4) is 11.5 Å². The van der Waals surface area contributed by atoms with Gasteiger partial charge in [0.05, 0.1) is 31.9 Å². The van der Waals surface area contributed by atoms with Crippen LogP contribution in [0.5, 0.6) is 11.5 Å². The first kappa shape index (κ1) is 23.9. The van der Waals surface area contributed by atoms with Gasteiger partial charge in [0.2, 0.25) is 10.0 Å². The van der Waals surface area contributed by atoms with Gasteiger partial charge < -0.3 is 9.47 Å². The molecule has 0 aliphatic heterocycles. The summed E-state index contributed by atoms with van der Waals surface area (Å²) in [7, 11) is -1.17. The standard InChI is InChI=1S/C23H24N4O5S/c1-31-21-11-10-20(13-22(21)32-2)33(29,30)27(16-18-7-4-3-5-8-18)17-23(28)26-25-15-19-9-6-12-24-14-19/h3-15H,16-17H2,1-2H3,(H,26,28)/b25-15+. The zero-order valence-corrected chi connectivity index (χ0v) is 19.0. The van der Waals surface area contributed by atoms with Crippen LogP contribution in [0.3, 0.4) is 0 Å². The molecular formula is C23H24N4O5S. The number of aromatic nitrogens is 1. The number of rotatable bonds is 10. The van der Waals surface area contributed by atoms with E-state index in [4.69, 9.17) is 9.47 Å². The van der Waals surface area contributed by atoms with E-state index in [1.807, 2.05) is 6.07 Å². The highest BCUT2D eigenvalue weighted by Crippen LogP contribution is 2.31. The fourth-order valence-corrected chi connectivity index (χ4v) is 4.37. The number of nitrogens with zero attached hydrogens (tertiary/aromatic N) is 3. The zero-order chi connectivity index (χ0) is 23.7. The Balaban J connectivity index is 1.84. The molecule has 0 fully saturated rings. The van der Waals surface area contributed by atoms with E-state index in [0.717, 1.165) is 9.87 Å². The summed E-state index contributed by atoms with van der Waals surface area (Å²) in [6.07, 6.45) is 4.63. The average molecular weight is 469 g/mol. The maximum Gasteiger partial charge on any atom is 0.255 e. The Labute approximate surface area is 192 Å². The van der Waals surface area contributed by atoms with Gasteiger partial charge in [0.25, 0.3) is 5.91 Å². The minimum Gasteiger partial charge on any atom is -0.493 e. The second kappa shape index (κ2) is 11.2. The molecule has 1 N–H and O–H groups in total. The summed E-state index contributed by atoms with van der Waals surface area (Å²) in [6, 6.07) is 16.8. The van der Waals surface area contributed by atoms with Crippen LogP contribution in [0.2, 0.25) is 0 Å². The molecule has 0 aliphatic rings. The summed E-state index contributed by atoms with van der Waals surface area (Å²) in [6.45, 7) is -0.437. The van der Waals surface area contributed by atoms with Crippen molar-refractivity contribution in [3.05, 3.63) is 84.2 Å². The second-order valence-corrected chi connectivity index (χ2v) is 8.79. The Kier molecular flexibility index (Phi) is 8.11. The highest BCUT2D eigenvalue weighted by atomic mass is 32.2. The first-order valence-corrected chi connectivity index (χ1v) is 11.4. The van der Waals surface area contributed by atoms with Crippen molar-refractivity contribution in [1.82, 2.24) is 14.7 Å². The predicted molar refractivity (Wildman–Crippen MR) is 124 cm³/mol. The Bertz CT molecular complexity index is 1200. The van der Waals surface area contributed by atoms with E-state index >= 15 is 0 Å². The highest BCUT2D eigenvalue weighted by molar-refractivity contribution is 7.89. The fraction of sp³-hybridized carbons (Fsp3) is 0.174. The predicted octanol–water partition coefficient (Wildman–Crippen LogP) is 2.44. The van der Waals surface area contributed by atoms with Gasteiger partial charge in [-0.25, -0.2) is 13.8 Å². The van der Waals surface area contributed by atoms with Crippen LogP contribution in [0.15, 0.2) is 83.1 Å². The van der Waals surface area contributed by atoms with Crippen LogP contribution in [0.4, 0.5) is 0 Å². The molecule has 0 atom stereocenters. The lowest BCUT2D eigenvalue weighted by Gasteiger charge is -2.22. The quantitative estimate of drug-likeness (QED) is 0.362. The van der Waals surface area contributed by atoms with Crippen molar-refractivity contribution in [1.29, 1.82) is 0 Å². The molecule has 0 bridgehead atoms. The van der Waals surface area contributed by atoms with Crippen LogP contribution in [0, 0.1) is 0 Å². The minimum absolute atomic E-state index is 0.00272. The number of nitrogens with one attached hydrogen (secondary N) is 1. The molecule has 0 unspecified atom stereocenters. The molecule has 33 heavy (non-hydrogen) atoms. The zero-order valence-electron chi connectivity index (χ0n) is 18.2. The molecule has 1 heterocycles. The van der Waals surface area contributed by atoms with Crippen LogP contribution in [0.25, 0.3) is 0 Å². The molecule has 10 heteroatoms. The van der Waals surface area contributed by atoms with Crippen molar-refractivity contribution in [2.75, 3.05) is 20.8 Å². The molecule has 0 saturated heterocycles. The van der Waals surface area contributed by atoms with Gasteiger partial charge in [-0.1, -0.05) is 36.4 Å². The van der Waals surface area contributed by atoms with Crippen molar-refractivity contribution >= 4 is 22.1 Å². The summed E-state index contributed by atoms with van der Waals surface area (Å²) >= 11 is 0. The molecule has 0 spiro atoms. The average Bonchev–Trinajstić information content (AvgIpc) is 2.84. The third-order valence-electron chi connectivity index (χ3n) is 4.60. The highest BCUT2D eigenvalue weighted by Gasteiger charge is 2.28. The van der Waals surface area contributed by atoms with Gasteiger partial charge in [0, 0.05) is 30.6 Å².